The van der Waals surface area contributed by atoms with Gasteiger partial charge in [0.25, 0.3) is 0 Å². The van der Waals surface area contributed by atoms with Crippen molar-refractivity contribution < 1.29 is 4.42 Å². The number of nitrogen functional groups attached to an aromatic ring is 1. The lowest BCUT2D eigenvalue weighted by atomic mass is 9.97. The fraction of sp³-hybridized carbons (Fsp3) is 0.118. The summed E-state index contributed by atoms with van der Waals surface area (Å²) in [6.45, 7) is 3.99. The van der Waals surface area contributed by atoms with Gasteiger partial charge in [0.1, 0.15) is 5.58 Å². The predicted molar refractivity (Wildman–Crippen MR) is 89.5 cm³/mol. The molecule has 3 rings (SSSR count). The van der Waals surface area contributed by atoms with E-state index in [1.807, 2.05) is 44.2 Å². The second-order valence-electron chi connectivity index (χ2n) is 5.11. The minimum atomic E-state index is -0.351. The molecule has 0 amide bonds. The average Bonchev–Trinajstić information content (AvgIpc) is 2.44. The summed E-state index contributed by atoms with van der Waals surface area (Å²) in [7, 11) is 0. The Hall–Kier alpha value is -2.07. The smallest absolute Gasteiger partial charge is 0.336 e. The summed E-state index contributed by atoms with van der Waals surface area (Å²) < 4.78 is 6.39. The van der Waals surface area contributed by atoms with Crippen molar-refractivity contribution in [1.82, 2.24) is 0 Å². The Morgan fingerprint density at radius 3 is 2.43 bits per heavy atom. The van der Waals surface area contributed by atoms with Gasteiger partial charge in [0.05, 0.1) is 0 Å². The molecule has 0 saturated heterocycles. The Kier molecular flexibility index (Phi) is 3.33. The molecule has 0 bridgehead atoms. The molecule has 0 saturated carbocycles. The number of benzene rings is 2. The molecule has 0 aliphatic carbocycles. The lowest BCUT2D eigenvalue weighted by molar-refractivity contribution is 0.561. The molecule has 3 nitrogen and oxygen atoms in total. The van der Waals surface area contributed by atoms with Crippen LogP contribution < -0.4 is 11.4 Å². The third kappa shape index (κ3) is 2.36. The Labute approximate surface area is 130 Å². The summed E-state index contributed by atoms with van der Waals surface area (Å²) >= 11 is 3.60. The summed E-state index contributed by atoms with van der Waals surface area (Å²) in [5.41, 5.74) is 10.6. The normalized spacial score (nSPS) is 11.0. The fourth-order valence-corrected chi connectivity index (χ4v) is 2.87. The summed E-state index contributed by atoms with van der Waals surface area (Å²) in [6.07, 6.45) is 0. The molecule has 0 fully saturated rings. The number of halogens is 1. The number of hydrogen-bond donors (Lipinski definition) is 1. The van der Waals surface area contributed by atoms with Crippen molar-refractivity contribution in [3.05, 3.63) is 62.4 Å². The van der Waals surface area contributed by atoms with Crippen LogP contribution in [-0.4, -0.2) is 0 Å². The fourth-order valence-electron chi connectivity index (χ4n) is 2.56. The number of aryl methyl sites for hydroxylation is 2. The van der Waals surface area contributed by atoms with Gasteiger partial charge >= 0.3 is 5.63 Å². The minimum absolute atomic E-state index is 0.351. The molecule has 0 atom stereocenters. The van der Waals surface area contributed by atoms with E-state index in [9.17, 15) is 4.79 Å². The molecule has 0 spiro atoms. The van der Waals surface area contributed by atoms with Crippen LogP contribution in [0.1, 0.15) is 11.1 Å². The highest BCUT2D eigenvalue weighted by Crippen LogP contribution is 2.35. The summed E-state index contributed by atoms with van der Waals surface area (Å²) in [5.74, 6) is 0. The maximum atomic E-state index is 11.8. The molecule has 106 valence electrons. The van der Waals surface area contributed by atoms with Gasteiger partial charge in [0.15, 0.2) is 0 Å². The lowest BCUT2D eigenvalue weighted by Gasteiger charge is -2.12. The predicted octanol–water partition coefficient (Wildman–Crippen LogP) is 4.42. The Morgan fingerprint density at radius 1 is 1.10 bits per heavy atom. The topological polar surface area (TPSA) is 56.2 Å². The van der Waals surface area contributed by atoms with E-state index in [1.54, 1.807) is 0 Å². The van der Waals surface area contributed by atoms with Crippen molar-refractivity contribution in [1.29, 1.82) is 0 Å². The van der Waals surface area contributed by atoms with E-state index in [2.05, 4.69) is 15.9 Å². The van der Waals surface area contributed by atoms with E-state index in [0.717, 1.165) is 32.1 Å². The zero-order chi connectivity index (χ0) is 15.1. The molecule has 4 heteroatoms. The Bertz CT molecular complexity index is 895. The van der Waals surface area contributed by atoms with E-state index in [1.165, 1.54) is 6.07 Å². The number of nitrogens with two attached hydrogens (primary N) is 1. The summed E-state index contributed by atoms with van der Waals surface area (Å²) in [4.78, 5) is 11.8. The van der Waals surface area contributed by atoms with Crippen molar-refractivity contribution >= 4 is 32.6 Å². The maximum absolute atomic E-state index is 11.8. The first kappa shape index (κ1) is 13.9. The number of rotatable bonds is 1. The van der Waals surface area contributed by atoms with Gasteiger partial charge in [0.2, 0.25) is 0 Å². The highest BCUT2D eigenvalue weighted by molar-refractivity contribution is 9.10. The highest BCUT2D eigenvalue weighted by Gasteiger charge is 2.13. The van der Waals surface area contributed by atoms with Crippen LogP contribution >= 0.6 is 15.9 Å². The zero-order valence-electron chi connectivity index (χ0n) is 11.7. The van der Waals surface area contributed by atoms with Crippen molar-refractivity contribution in [3.63, 3.8) is 0 Å². The first-order chi connectivity index (χ1) is 9.97. The molecule has 3 aromatic rings. The van der Waals surface area contributed by atoms with Crippen molar-refractivity contribution in [2.45, 2.75) is 13.8 Å². The SMILES string of the molecule is Cc1cc2oc(=O)cc(-c3ccc(N)cc3)c2c(C)c1Br. The third-order valence-corrected chi connectivity index (χ3v) is 4.83. The standard InChI is InChI=1S/C17H14BrNO2/c1-9-7-14-16(10(2)17(9)18)13(8-15(20)21-14)11-3-5-12(19)6-4-11/h3-8H,19H2,1-2H3. The second kappa shape index (κ2) is 5.04. The Morgan fingerprint density at radius 2 is 1.76 bits per heavy atom. The van der Waals surface area contributed by atoms with Crippen molar-refractivity contribution in [2.24, 2.45) is 0 Å². The maximum Gasteiger partial charge on any atom is 0.336 e. The molecule has 2 N–H and O–H groups in total. The summed E-state index contributed by atoms with van der Waals surface area (Å²) in [6, 6.07) is 10.9. The second-order valence-corrected chi connectivity index (χ2v) is 5.90. The van der Waals surface area contributed by atoms with Crippen molar-refractivity contribution in [3.8, 4) is 11.1 Å². The van der Waals surface area contributed by atoms with Crippen LogP contribution in [0.15, 0.2) is 50.1 Å². The molecule has 2 aromatic carbocycles. The Balaban J connectivity index is 2.44. The molecule has 1 aromatic heterocycles. The summed E-state index contributed by atoms with van der Waals surface area (Å²) in [5, 5.41) is 0.942. The van der Waals surface area contributed by atoms with Gasteiger partial charge in [-0.05, 0) is 48.7 Å². The first-order valence-electron chi connectivity index (χ1n) is 6.57. The van der Waals surface area contributed by atoms with Crippen LogP contribution in [-0.2, 0) is 0 Å². The largest absolute Gasteiger partial charge is 0.423 e. The third-order valence-electron chi connectivity index (χ3n) is 3.61. The van der Waals surface area contributed by atoms with Gasteiger partial charge < -0.3 is 10.2 Å². The molecule has 1 heterocycles. The lowest BCUT2D eigenvalue weighted by Crippen LogP contribution is -2.00. The van der Waals surface area contributed by atoms with E-state index in [-0.39, 0.29) is 5.63 Å². The molecular formula is C17H14BrNO2. The van der Waals surface area contributed by atoms with E-state index < -0.39 is 0 Å². The monoisotopic (exact) mass is 343 g/mol. The van der Waals surface area contributed by atoms with Gasteiger partial charge in [-0.2, -0.15) is 0 Å². The number of hydrogen-bond acceptors (Lipinski definition) is 3. The average molecular weight is 344 g/mol. The van der Waals surface area contributed by atoms with Gasteiger partial charge in [0, 0.05) is 27.2 Å². The van der Waals surface area contributed by atoms with Crippen LogP contribution in [0, 0.1) is 13.8 Å². The molecule has 0 aliphatic heterocycles. The van der Waals surface area contributed by atoms with Crippen LogP contribution in [0.5, 0.6) is 0 Å². The van der Waals surface area contributed by atoms with Gasteiger partial charge in [-0.1, -0.05) is 28.1 Å². The van der Waals surface area contributed by atoms with E-state index in [4.69, 9.17) is 10.2 Å². The highest BCUT2D eigenvalue weighted by atomic mass is 79.9. The van der Waals surface area contributed by atoms with Crippen LogP contribution in [0.2, 0.25) is 0 Å². The zero-order valence-corrected chi connectivity index (χ0v) is 13.3. The van der Waals surface area contributed by atoms with E-state index in [0.29, 0.717) is 11.3 Å². The number of fused-ring (bicyclic) bond motifs is 1. The quantitative estimate of drug-likeness (QED) is 0.525. The van der Waals surface area contributed by atoms with Crippen LogP contribution in [0.25, 0.3) is 22.1 Å². The molecule has 0 radical (unpaired) electrons. The van der Waals surface area contributed by atoms with Gasteiger partial charge in [-0.3, -0.25) is 0 Å². The number of anilines is 1. The molecule has 21 heavy (non-hydrogen) atoms. The van der Waals surface area contributed by atoms with Gasteiger partial charge in [-0.25, -0.2) is 4.79 Å². The first-order valence-corrected chi connectivity index (χ1v) is 7.36. The molecule has 0 aliphatic rings. The van der Waals surface area contributed by atoms with Gasteiger partial charge in [-0.15, -0.1) is 0 Å². The minimum Gasteiger partial charge on any atom is -0.423 e. The van der Waals surface area contributed by atoms with Crippen LogP contribution in [0.3, 0.4) is 0 Å². The van der Waals surface area contributed by atoms with Crippen molar-refractivity contribution in [2.75, 3.05) is 5.73 Å². The van der Waals surface area contributed by atoms with E-state index >= 15 is 0 Å². The molecular weight excluding hydrogens is 330 g/mol. The van der Waals surface area contributed by atoms with Crippen LogP contribution in [0.4, 0.5) is 5.69 Å². The molecule has 0 unspecified atom stereocenters.